The first kappa shape index (κ1) is 12.9. The van der Waals surface area contributed by atoms with E-state index in [1.54, 1.807) is 6.20 Å². The van der Waals surface area contributed by atoms with Gasteiger partial charge in [-0.2, -0.15) is 0 Å². The summed E-state index contributed by atoms with van der Waals surface area (Å²) >= 11 is 0. The van der Waals surface area contributed by atoms with Gasteiger partial charge >= 0.3 is 0 Å². The van der Waals surface area contributed by atoms with Crippen molar-refractivity contribution in [2.24, 2.45) is 4.99 Å². The number of hydrogen-bond donors (Lipinski definition) is 1. The van der Waals surface area contributed by atoms with Gasteiger partial charge in [-0.3, -0.25) is 5.21 Å². The molecule has 1 N–H and O–H groups in total. The van der Waals surface area contributed by atoms with Crippen LogP contribution in [0.4, 0.5) is 0 Å². The van der Waals surface area contributed by atoms with Crippen LogP contribution in [0.3, 0.4) is 0 Å². The molecular weight excluding hydrogens is 288 g/mol. The van der Waals surface area contributed by atoms with Crippen LogP contribution in [0, 0.1) is 0 Å². The normalized spacial score (nSPS) is 27.1. The van der Waals surface area contributed by atoms with Gasteiger partial charge in [0.05, 0.1) is 0 Å². The molecule has 0 fully saturated rings. The van der Waals surface area contributed by atoms with E-state index in [4.69, 9.17) is 9.73 Å². The zero-order valence-electron chi connectivity index (χ0n) is 12.5. The molecule has 5 rings (SSSR count). The van der Waals surface area contributed by atoms with E-state index in [-0.39, 0.29) is 18.2 Å². The zero-order valence-corrected chi connectivity index (χ0v) is 12.5. The van der Waals surface area contributed by atoms with Crippen LogP contribution >= 0.6 is 0 Å². The Labute approximate surface area is 134 Å². The molecule has 3 atom stereocenters. The number of rotatable bonds is 1. The van der Waals surface area contributed by atoms with Gasteiger partial charge in [-0.1, -0.05) is 48.5 Å². The van der Waals surface area contributed by atoms with E-state index in [0.717, 1.165) is 17.5 Å². The highest BCUT2D eigenvalue weighted by Crippen LogP contribution is 2.43. The van der Waals surface area contributed by atoms with Crippen LogP contribution in [0.5, 0.6) is 0 Å². The molecule has 0 amide bonds. The Morgan fingerprint density at radius 1 is 1.04 bits per heavy atom. The number of ether oxygens (including phenoxy) is 1. The third-order valence-corrected chi connectivity index (χ3v) is 4.88. The predicted molar refractivity (Wildman–Crippen MR) is 87.0 cm³/mol. The minimum atomic E-state index is -0.367. The van der Waals surface area contributed by atoms with Gasteiger partial charge in [-0.05, 0) is 28.3 Å². The molecule has 23 heavy (non-hydrogen) atoms. The highest BCUT2D eigenvalue weighted by atomic mass is 16.5. The molecule has 0 radical (unpaired) electrons. The molecule has 114 valence electrons. The van der Waals surface area contributed by atoms with E-state index in [0.29, 0.717) is 5.90 Å². The van der Waals surface area contributed by atoms with Crippen molar-refractivity contribution in [1.29, 1.82) is 0 Å². The van der Waals surface area contributed by atoms with E-state index < -0.39 is 0 Å². The topological polar surface area (TPSA) is 45.1 Å². The first-order valence-electron chi connectivity index (χ1n) is 7.88. The summed E-state index contributed by atoms with van der Waals surface area (Å²) < 4.78 is 6.15. The highest BCUT2D eigenvalue weighted by Gasteiger charge is 2.43. The number of hydrogen-bond acceptors (Lipinski definition) is 4. The summed E-state index contributed by atoms with van der Waals surface area (Å²) in [5.74, 6) is 0.605. The lowest BCUT2D eigenvalue weighted by molar-refractivity contribution is -0.0660. The summed E-state index contributed by atoms with van der Waals surface area (Å²) in [4.78, 5) is 4.82. The average molecular weight is 304 g/mol. The van der Waals surface area contributed by atoms with Crippen LogP contribution in [0.15, 0.2) is 59.7 Å². The van der Waals surface area contributed by atoms with Crippen molar-refractivity contribution in [2.45, 2.75) is 24.6 Å². The molecule has 2 aliphatic heterocycles. The fourth-order valence-corrected chi connectivity index (χ4v) is 3.80. The summed E-state index contributed by atoms with van der Waals surface area (Å²) in [7, 11) is 0. The summed E-state index contributed by atoms with van der Waals surface area (Å²) in [6, 6.07) is 16.1. The van der Waals surface area contributed by atoms with Crippen LogP contribution < -0.4 is 0 Å². The van der Waals surface area contributed by atoms with Crippen molar-refractivity contribution >= 4 is 12.0 Å². The number of benzene rings is 2. The molecule has 3 aliphatic rings. The first-order valence-corrected chi connectivity index (χ1v) is 7.88. The van der Waals surface area contributed by atoms with Gasteiger partial charge in [0, 0.05) is 12.6 Å². The van der Waals surface area contributed by atoms with Gasteiger partial charge in [0.15, 0.2) is 6.04 Å². The van der Waals surface area contributed by atoms with Crippen LogP contribution in [0.1, 0.15) is 34.3 Å². The van der Waals surface area contributed by atoms with E-state index in [9.17, 15) is 5.21 Å². The van der Waals surface area contributed by atoms with Gasteiger partial charge in [0.2, 0.25) is 5.90 Å². The van der Waals surface area contributed by atoms with Crippen LogP contribution in [-0.4, -0.2) is 22.3 Å². The van der Waals surface area contributed by atoms with Crippen molar-refractivity contribution in [3.63, 3.8) is 0 Å². The van der Waals surface area contributed by atoms with Gasteiger partial charge in [0.1, 0.15) is 12.1 Å². The highest BCUT2D eigenvalue weighted by molar-refractivity contribution is 5.87. The summed E-state index contributed by atoms with van der Waals surface area (Å²) in [6.07, 6.45) is 4.50. The van der Waals surface area contributed by atoms with E-state index in [1.165, 1.54) is 16.2 Å². The van der Waals surface area contributed by atoms with E-state index in [2.05, 4.69) is 18.2 Å². The second kappa shape index (κ2) is 4.70. The van der Waals surface area contributed by atoms with Crippen LogP contribution in [0.2, 0.25) is 0 Å². The monoisotopic (exact) mass is 304 g/mol. The Bertz CT molecular complexity index is 843. The Morgan fingerprint density at radius 3 is 2.74 bits per heavy atom. The maximum absolute atomic E-state index is 10.3. The Balaban J connectivity index is 1.56. The molecule has 0 saturated heterocycles. The van der Waals surface area contributed by atoms with Crippen molar-refractivity contribution in [1.82, 2.24) is 5.06 Å². The minimum Gasteiger partial charge on any atom is -0.473 e. The number of nitrogens with zero attached hydrogens (tertiary/aromatic N) is 2. The third kappa shape index (κ3) is 1.85. The standard InChI is InChI=1S/C19H16N2O2/c22-21-10-9-12-5-1-4-8-15(12)18(21)19-20-17-14-7-3-2-6-13(14)11-16(17)23-19/h1-10,16-18,22H,11H2. The Morgan fingerprint density at radius 2 is 1.83 bits per heavy atom. The SMILES string of the molecule is ON1C=Cc2ccccc2C1C1=NC2c3ccccc3CC2O1. The second-order valence-corrected chi connectivity index (χ2v) is 6.20. The number of aliphatic imine (C=N–C) groups is 1. The second-order valence-electron chi connectivity index (χ2n) is 6.20. The van der Waals surface area contributed by atoms with Gasteiger partial charge in [-0.25, -0.2) is 10.1 Å². The Hall–Kier alpha value is -2.59. The van der Waals surface area contributed by atoms with Crippen molar-refractivity contribution < 1.29 is 9.94 Å². The third-order valence-electron chi connectivity index (χ3n) is 4.88. The quantitative estimate of drug-likeness (QED) is 0.877. The number of fused-ring (bicyclic) bond motifs is 4. The molecule has 4 nitrogen and oxygen atoms in total. The lowest BCUT2D eigenvalue weighted by Crippen LogP contribution is -2.31. The smallest absolute Gasteiger partial charge is 0.215 e. The molecule has 0 spiro atoms. The largest absolute Gasteiger partial charge is 0.473 e. The molecule has 0 bridgehead atoms. The maximum Gasteiger partial charge on any atom is 0.215 e. The van der Waals surface area contributed by atoms with Crippen molar-refractivity contribution in [3.8, 4) is 0 Å². The summed E-state index contributed by atoms with van der Waals surface area (Å²) in [5.41, 5.74) is 4.67. The van der Waals surface area contributed by atoms with E-state index in [1.807, 2.05) is 36.4 Å². The van der Waals surface area contributed by atoms with Gasteiger partial charge in [0.25, 0.3) is 0 Å². The van der Waals surface area contributed by atoms with Crippen molar-refractivity contribution in [3.05, 3.63) is 77.0 Å². The fraction of sp³-hybridized carbons (Fsp3) is 0.211. The van der Waals surface area contributed by atoms with E-state index >= 15 is 0 Å². The van der Waals surface area contributed by atoms with Gasteiger partial charge in [-0.15, -0.1) is 0 Å². The lowest BCUT2D eigenvalue weighted by atomic mass is 9.97. The predicted octanol–water partition coefficient (Wildman–Crippen LogP) is 3.50. The first-order chi connectivity index (χ1) is 11.3. The molecule has 2 heterocycles. The lowest BCUT2D eigenvalue weighted by Gasteiger charge is -2.29. The maximum atomic E-state index is 10.3. The summed E-state index contributed by atoms with van der Waals surface area (Å²) in [6.45, 7) is 0. The molecule has 1 aliphatic carbocycles. The van der Waals surface area contributed by atoms with Crippen LogP contribution in [-0.2, 0) is 11.2 Å². The molecule has 2 aromatic rings. The van der Waals surface area contributed by atoms with Gasteiger partial charge < -0.3 is 4.74 Å². The van der Waals surface area contributed by atoms with Crippen LogP contribution in [0.25, 0.3) is 6.08 Å². The van der Waals surface area contributed by atoms with Crippen molar-refractivity contribution in [2.75, 3.05) is 0 Å². The average Bonchev–Trinajstić information content (AvgIpc) is 3.12. The molecule has 0 saturated carbocycles. The molecule has 2 aromatic carbocycles. The molecule has 4 heteroatoms. The molecular formula is C19H16N2O2. The fourth-order valence-electron chi connectivity index (χ4n) is 3.80. The summed E-state index contributed by atoms with van der Waals surface area (Å²) in [5, 5.41) is 11.5. The molecule has 3 unspecified atom stereocenters. The molecule has 0 aromatic heterocycles. The Kier molecular flexibility index (Phi) is 2.64. The number of hydroxylamine groups is 2. The zero-order chi connectivity index (χ0) is 15.4. The minimum absolute atomic E-state index is 0.0488.